The third-order valence-corrected chi connectivity index (χ3v) is 3.37. The molecule has 3 aromatic heterocycles. The van der Waals surface area contributed by atoms with Gasteiger partial charge in [0.15, 0.2) is 0 Å². The summed E-state index contributed by atoms with van der Waals surface area (Å²) in [5.41, 5.74) is 4.44. The Bertz CT molecular complexity index is 787. The largest absolute Gasteiger partial charge is 0.291 e. The highest BCUT2D eigenvalue weighted by Gasteiger charge is 2.16. The molecule has 0 saturated carbocycles. The molecule has 0 bridgehead atoms. The number of nitrogens with zero attached hydrogens (tertiary/aromatic N) is 5. The average molecular weight is 249 g/mol. The van der Waals surface area contributed by atoms with Gasteiger partial charge in [0.2, 0.25) is 5.78 Å². The highest BCUT2D eigenvalue weighted by molar-refractivity contribution is 5.81. The van der Waals surface area contributed by atoms with Crippen molar-refractivity contribution in [1.29, 1.82) is 0 Å². The van der Waals surface area contributed by atoms with Gasteiger partial charge in [-0.25, -0.2) is 19.9 Å². The van der Waals surface area contributed by atoms with Crippen LogP contribution in [0.2, 0.25) is 0 Å². The smallest absolute Gasteiger partial charge is 0.233 e. The van der Waals surface area contributed by atoms with E-state index in [1.165, 1.54) is 0 Å². The van der Waals surface area contributed by atoms with E-state index in [1.54, 1.807) is 12.5 Å². The fourth-order valence-corrected chi connectivity index (χ4v) is 2.47. The SMILES string of the molecule is C1=C(c2cnc3nccn3c2)c2cncnc2CC1. The standard InChI is InChI=1S/C14H11N5/c1-2-11(12-7-15-9-18-13(12)3-1)10-6-17-14-16-4-5-19(14)8-10/h2,4-9H,1,3H2. The van der Waals surface area contributed by atoms with E-state index in [0.717, 1.165) is 35.2 Å². The van der Waals surface area contributed by atoms with Crippen LogP contribution in [0.3, 0.4) is 0 Å². The topological polar surface area (TPSA) is 56.0 Å². The van der Waals surface area contributed by atoms with Crippen LogP contribution in [-0.2, 0) is 6.42 Å². The number of hydrogen-bond donors (Lipinski definition) is 0. The van der Waals surface area contributed by atoms with Gasteiger partial charge in [0.25, 0.3) is 0 Å². The maximum absolute atomic E-state index is 4.36. The summed E-state index contributed by atoms with van der Waals surface area (Å²) in [5.74, 6) is 0.713. The van der Waals surface area contributed by atoms with Crippen LogP contribution >= 0.6 is 0 Å². The predicted octanol–water partition coefficient (Wildman–Crippen LogP) is 1.90. The molecule has 0 unspecified atom stereocenters. The molecular formula is C14H11N5. The first-order valence-corrected chi connectivity index (χ1v) is 6.20. The Morgan fingerprint density at radius 1 is 1.11 bits per heavy atom. The van der Waals surface area contributed by atoms with E-state index >= 15 is 0 Å². The summed E-state index contributed by atoms with van der Waals surface area (Å²) in [6.45, 7) is 0. The molecule has 0 atom stereocenters. The molecule has 0 fully saturated rings. The Labute approximate surface area is 109 Å². The van der Waals surface area contributed by atoms with E-state index in [4.69, 9.17) is 0 Å². The van der Waals surface area contributed by atoms with Crippen molar-refractivity contribution in [2.75, 3.05) is 0 Å². The minimum atomic E-state index is 0.713. The zero-order valence-electron chi connectivity index (χ0n) is 10.2. The van der Waals surface area contributed by atoms with Gasteiger partial charge in [-0.15, -0.1) is 0 Å². The number of imidazole rings is 1. The average Bonchev–Trinajstić information content (AvgIpc) is 2.94. The summed E-state index contributed by atoms with van der Waals surface area (Å²) in [7, 11) is 0. The number of aryl methyl sites for hydroxylation is 1. The molecule has 0 aliphatic heterocycles. The Kier molecular flexibility index (Phi) is 2.17. The molecule has 3 aromatic rings. The second-order valence-electron chi connectivity index (χ2n) is 4.52. The molecule has 5 nitrogen and oxygen atoms in total. The van der Waals surface area contributed by atoms with Crippen molar-refractivity contribution in [2.24, 2.45) is 0 Å². The first-order valence-electron chi connectivity index (χ1n) is 6.20. The third kappa shape index (κ3) is 1.62. The maximum Gasteiger partial charge on any atom is 0.233 e. The second kappa shape index (κ2) is 3.98. The van der Waals surface area contributed by atoms with Crippen molar-refractivity contribution in [3.8, 4) is 0 Å². The van der Waals surface area contributed by atoms with Crippen LogP contribution in [0.25, 0.3) is 11.4 Å². The zero-order chi connectivity index (χ0) is 12.7. The number of allylic oxidation sites excluding steroid dienone is 1. The minimum Gasteiger partial charge on any atom is -0.291 e. The molecule has 5 heteroatoms. The molecule has 1 aliphatic carbocycles. The predicted molar refractivity (Wildman–Crippen MR) is 70.4 cm³/mol. The van der Waals surface area contributed by atoms with Crippen molar-refractivity contribution >= 4 is 11.4 Å². The van der Waals surface area contributed by atoms with Gasteiger partial charge in [-0.2, -0.15) is 0 Å². The lowest BCUT2D eigenvalue weighted by Crippen LogP contribution is -2.05. The van der Waals surface area contributed by atoms with E-state index in [1.807, 2.05) is 29.2 Å². The van der Waals surface area contributed by atoms with Gasteiger partial charge in [0, 0.05) is 42.1 Å². The summed E-state index contributed by atoms with van der Waals surface area (Å²) in [4.78, 5) is 17.0. The van der Waals surface area contributed by atoms with Crippen LogP contribution < -0.4 is 0 Å². The molecule has 0 radical (unpaired) electrons. The molecule has 0 amide bonds. The lowest BCUT2D eigenvalue weighted by molar-refractivity contribution is 0.900. The van der Waals surface area contributed by atoms with E-state index in [2.05, 4.69) is 26.0 Å². The van der Waals surface area contributed by atoms with Crippen LogP contribution in [-0.4, -0.2) is 24.3 Å². The fraction of sp³-hybridized carbons (Fsp3) is 0.143. The highest BCUT2D eigenvalue weighted by Crippen LogP contribution is 2.29. The molecule has 0 aromatic carbocycles. The van der Waals surface area contributed by atoms with Gasteiger partial charge in [0.05, 0.1) is 5.69 Å². The molecule has 0 N–H and O–H groups in total. The molecule has 0 spiro atoms. The first-order chi connectivity index (χ1) is 9.42. The normalized spacial score (nSPS) is 14.2. The Balaban J connectivity index is 1.89. The quantitative estimate of drug-likeness (QED) is 0.661. The summed E-state index contributed by atoms with van der Waals surface area (Å²) in [6.07, 6.45) is 15.2. The Hall–Kier alpha value is -2.56. The van der Waals surface area contributed by atoms with Gasteiger partial charge in [-0.1, -0.05) is 6.08 Å². The minimum absolute atomic E-state index is 0.713. The van der Waals surface area contributed by atoms with Gasteiger partial charge < -0.3 is 0 Å². The number of aromatic nitrogens is 5. The molecule has 4 rings (SSSR count). The summed E-state index contributed by atoms with van der Waals surface area (Å²) in [5, 5.41) is 0. The van der Waals surface area contributed by atoms with E-state index in [9.17, 15) is 0 Å². The van der Waals surface area contributed by atoms with Crippen LogP contribution in [0.15, 0.2) is 43.4 Å². The van der Waals surface area contributed by atoms with Crippen molar-refractivity contribution < 1.29 is 0 Å². The molecule has 92 valence electrons. The third-order valence-electron chi connectivity index (χ3n) is 3.37. The lowest BCUT2D eigenvalue weighted by atomic mass is 9.92. The van der Waals surface area contributed by atoms with Crippen molar-refractivity contribution in [1.82, 2.24) is 24.3 Å². The number of fused-ring (bicyclic) bond motifs is 2. The Morgan fingerprint density at radius 3 is 3.11 bits per heavy atom. The van der Waals surface area contributed by atoms with Gasteiger partial charge in [-0.05, 0) is 18.4 Å². The molecule has 1 aliphatic rings. The van der Waals surface area contributed by atoms with E-state index in [-0.39, 0.29) is 0 Å². The van der Waals surface area contributed by atoms with Crippen LogP contribution in [0.5, 0.6) is 0 Å². The zero-order valence-corrected chi connectivity index (χ0v) is 10.2. The van der Waals surface area contributed by atoms with Crippen LogP contribution in [0.1, 0.15) is 23.2 Å². The van der Waals surface area contributed by atoms with E-state index in [0.29, 0.717) is 5.78 Å². The maximum atomic E-state index is 4.36. The molecule has 0 saturated heterocycles. The monoisotopic (exact) mass is 249 g/mol. The van der Waals surface area contributed by atoms with Crippen LogP contribution in [0.4, 0.5) is 0 Å². The summed E-state index contributed by atoms with van der Waals surface area (Å²) < 4.78 is 1.92. The number of rotatable bonds is 1. The Morgan fingerprint density at radius 2 is 2.11 bits per heavy atom. The van der Waals surface area contributed by atoms with Gasteiger partial charge in [-0.3, -0.25) is 4.40 Å². The fourth-order valence-electron chi connectivity index (χ4n) is 2.47. The lowest BCUT2D eigenvalue weighted by Gasteiger charge is -2.16. The van der Waals surface area contributed by atoms with Crippen molar-refractivity contribution in [2.45, 2.75) is 12.8 Å². The van der Waals surface area contributed by atoms with Gasteiger partial charge in [0.1, 0.15) is 6.33 Å². The van der Waals surface area contributed by atoms with E-state index < -0.39 is 0 Å². The molecular weight excluding hydrogens is 238 g/mol. The summed E-state index contributed by atoms with van der Waals surface area (Å²) >= 11 is 0. The summed E-state index contributed by atoms with van der Waals surface area (Å²) in [6, 6.07) is 0. The first kappa shape index (κ1) is 10.4. The second-order valence-corrected chi connectivity index (χ2v) is 4.52. The van der Waals surface area contributed by atoms with Crippen LogP contribution in [0, 0.1) is 0 Å². The number of hydrogen-bond acceptors (Lipinski definition) is 4. The van der Waals surface area contributed by atoms with Gasteiger partial charge >= 0.3 is 0 Å². The molecule has 3 heterocycles. The molecule has 19 heavy (non-hydrogen) atoms. The highest BCUT2D eigenvalue weighted by atomic mass is 15.1. The van der Waals surface area contributed by atoms with Crippen molar-refractivity contribution in [3.63, 3.8) is 0 Å². The van der Waals surface area contributed by atoms with Crippen molar-refractivity contribution in [3.05, 3.63) is 60.2 Å².